The van der Waals surface area contributed by atoms with Crippen LogP contribution in [0.15, 0.2) is 58.6 Å². The Hall–Kier alpha value is -3.56. The number of hydrogen-bond acceptors (Lipinski definition) is 7. The highest BCUT2D eigenvalue weighted by atomic mass is 16.3. The fraction of sp³-hybridized carbons (Fsp3) is 0.238. The first kappa shape index (κ1) is 19.7. The molecule has 0 fully saturated rings. The molecule has 2 aliphatic rings. The zero-order chi connectivity index (χ0) is 21.1. The van der Waals surface area contributed by atoms with Gasteiger partial charge in [0.15, 0.2) is 5.71 Å². The van der Waals surface area contributed by atoms with E-state index in [1.807, 2.05) is 18.2 Å². The molecule has 0 saturated carbocycles. The SMILES string of the molecule is O=C1Nc2ccccc2/C1=N\CC(O)CCC(O)N/N=C1/C(=O)Nc2ccccc21. The summed E-state index contributed by atoms with van der Waals surface area (Å²) < 4.78 is 0. The number of amides is 2. The molecule has 9 heteroatoms. The zero-order valence-corrected chi connectivity index (χ0v) is 16.0. The van der Waals surface area contributed by atoms with Gasteiger partial charge in [0.1, 0.15) is 11.9 Å². The van der Waals surface area contributed by atoms with E-state index in [4.69, 9.17) is 0 Å². The third-order valence-electron chi connectivity index (χ3n) is 4.85. The number of aliphatic hydroxyl groups excluding tert-OH is 2. The van der Waals surface area contributed by atoms with E-state index in [0.29, 0.717) is 28.2 Å². The second-order valence-corrected chi connectivity index (χ2v) is 7.03. The minimum absolute atomic E-state index is 0.0358. The lowest BCUT2D eigenvalue weighted by Crippen LogP contribution is -2.29. The van der Waals surface area contributed by atoms with Crippen LogP contribution in [0, 0.1) is 0 Å². The molecule has 2 aliphatic heterocycles. The molecule has 2 amide bonds. The van der Waals surface area contributed by atoms with Crippen LogP contribution in [0.25, 0.3) is 0 Å². The Morgan fingerprint density at radius 1 is 0.833 bits per heavy atom. The maximum atomic E-state index is 12.0. The quantitative estimate of drug-likeness (QED) is 0.342. The molecular weight excluding hydrogens is 386 g/mol. The Labute approximate surface area is 172 Å². The maximum Gasteiger partial charge on any atom is 0.276 e. The zero-order valence-electron chi connectivity index (χ0n) is 16.0. The fourth-order valence-corrected chi connectivity index (χ4v) is 3.31. The van der Waals surface area contributed by atoms with Crippen LogP contribution in [-0.2, 0) is 9.59 Å². The second kappa shape index (κ2) is 8.44. The number of fused-ring (bicyclic) bond motifs is 2. The molecule has 154 valence electrons. The molecule has 2 unspecified atom stereocenters. The van der Waals surface area contributed by atoms with Gasteiger partial charge in [-0.15, -0.1) is 0 Å². The van der Waals surface area contributed by atoms with Crippen LogP contribution < -0.4 is 16.1 Å². The Bertz CT molecular complexity index is 966. The molecule has 2 aromatic carbocycles. The van der Waals surface area contributed by atoms with Gasteiger partial charge in [-0.1, -0.05) is 36.4 Å². The lowest BCUT2D eigenvalue weighted by Gasteiger charge is -2.13. The third kappa shape index (κ3) is 4.07. The van der Waals surface area contributed by atoms with Gasteiger partial charge in [0.25, 0.3) is 11.8 Å². The molecule has 2 aromatic rings. The van der Waals surface area contributed by atoms with Crippen molar-refractivity contribution in [3.63, 3.8) is 0 Å². The Morgan fingerprint density at radius 2 is 1.40 bits per heavy atom. The van der Waals surface area contributed by atoms with Crippen molar-refractivity contribution in [3.8, 4) is 0 Å². The summed E-state index contributed by atoms with van der Waals surface area (Å²) in [6.07, 6.45) is -1.45. The van der Waals surface area contributed by atoms with Crippen LogP contribution >= 0.6 is 0 Å². The highest BCUT2D eigenvalue weighted by molar-refractivity contribution is 6.54. The number of nitrogens with zero attached hydrogens (tertiary/aromatic N) is 2. The summed E-state index contributed by atoms with van der Waals surface area (Å²) in [7, 11) is 0. The van der Waals surface area contributed by atoms with Crippen LogP contribution in [0.4, 0.5) is 11.4 Å². The minimum Gasteiger partial charge on any atom is -0.391 e. The molecule has 5 N–H and O–H groups in total. The van der Waals surface area contributed by atoms with Crippen molar-refractivity contribution in [2.24, 2.45) is 10.1 Å². The average Bonchev–Trinajstić information content (AvgIpc) is 3.24. The first-order valence-electron chi connectivity index (χ1n) is 9.58. The summed E-state index contributed by atoms with van der Waals surface area (Å²) in [6.45, 7) is 0.0358. The van der Waals surface area contributed by atoms with Crippen molar-refractivity contribution in [3.05, 3.63) is 59.7 Å². The molecule has 0 aromatic heterocycles. The van der Waals surface area contributed by atoms with Crippen LogP contribution in [-0.4, -0.2) is 52.3 Å². The number of aliphatic imine (C=N–C) groups is 1. The summed E-state index contributed by atoms with van der Waals surface area (Å²) in [4.78, 5) is 28.2. The molecule has 0 saturated heterocycles. The number of anilines is 2. The van der Waals surface area contributed by atoms with Crippen molar-refractivity contribution in [2.45, 2.75) is 25.2 Å². The summed E-state index contributed by atoms with van der Waals surface area (Å²) in [5.41, 5.74) is 5.77. The van der Waals surface area contributed by atoms with Gasteiger partial charge in [-0.3, -0.25) is 20.0 Å². The summed E-state index contributed by atoms with van der Waals surface area (Å²) >= 11 is 0. The fourth-order valence-electron chi connectivity index (χ4n) is 3.31. The molecule has 30 heavy (non-hydrogen) atoms. The van der Waals surface area contributed by atoms with Crippen LogP contribution in [0.5, 0.6) is 0 Å². The van der Waals surface area contributed by atoms with E-state index in [-0.39, 0.29) is 36.9 Å². The van der Waals surface area contributed by atoms with Crippen molar-refractivity contribution in [1.82, 2.24) is 5.43 Å². The van der Waals surface area contributed by atoms with Gasteiger partial charge < -0.3 is 20.8 Å². The number of rotatable bonds is 7. The molecule has 0 radical (unpaired) electrons. The molecule has 2 heterocycles. The van der Waals surface area contributed by atoms with Gasteiger partial charge in [-0.05, 0) is 25.0 Å². The van der Waals surface area contributed by atoms with Gasteiger partial charge in [-0.2, -0.15) is 5.10 Å². The Balaban J connectivity index is 1.29. The van der Waals surface area contributed by atoms with Crippen LogP contribution in [0.2, 0.25) is 0 Å². The van der Waals surface area contributed by atoms with Gasteiger partial charge in [0.05, 0.1) is 24.0 Å². The topological polar surface area (TPSA) is 135 Å². The summed E-state index contributed by atoms with van der Waals surface area (Å²) in [5, 5.41) is 29.7. The van der Waals surface area contributed by atoms with Gasteiger partial charge in [-0.25, -0.2) is 0 Å². The average molecular weight is 407 g/mol. The van der Waals surface area contributed by atoms with Crippen LogP contribution in [0.1, 0.15) is 24.0 Å². The smallest absolute Gasteiger partial charge is 0.276 e. The van der Waals surface area contributed by atoms with E-state index in [2.05, 4.69) is 26.2 Å². The number of nitrogens with one attached hydrogen (secondary N) is 3. The first-order chi connectivity index (χ1) is 14.5. The van der Waals surface area contributed by atoms with Crippen molar-refractivity contribution < 1.29 is 19.8 Å². The highest BCUT2D eigenvalue weighted by Crippen LogP contribution is 2.23. The number of para-hydroxylation sites is 2. The number of carbonyl (C=O) groups is 2. The maximum absolute atomic E-state index is 12.0. The Morgan fingerprint density at radius 3 is 2.07 bits per heavy atom. The molecule has 0 aliphatic carbocycles. The van der Waals surface area contributed by atoms with Gasteiger partial charge in [0.2, 0.25) is 0 Å². The van der Waals surface area contributed by atoms with E-state index < -0.39 is 12.3 Å². The normalized spacial score (nSPS) is 19.3. The third-order valence-corrected chi connectivity index (χ3v) is 4.85. The van der Waals surface area contributed by atoms with E-state index in [9.17, 15) is 19.8 Å². The largest absolute Gasteiger partial charge is 0.391 e. The summed E-state index contributed by atoms with van der Waals surface area (Å²) in [6, 6.07) is 14.4. The molecule has 4 rings (SSSR count). The van der Waals surface area contributed by atoms with E-state index >= 15 is 0 Å². The van der Waals surface area contributed by atoms with E-state index in [1.165, 1.54) is 0 Å². The number of hydrogen-bond donors (Lipinski definition) is 5. The minimum atomic E-state index is -1.05. The second-order valence-electron chi connectivity index (χ2n) is 7.03. The van der Waals surface area contributed by atoms with Crippen molar-refractivity contribution >= 4 is 34.6 Å². The molecule has 2 atom stereocenters. The summed E-state index contributed by atoms with van der Waals surface area (Å²) in [5.74, 6) is -0.641. The number of benzene rings is 2. The highest BCUT2D eigenvalue weighted by Gasteiger charge is 2.26. The first-order valence-corrected chi connectivity index (χ1v) is 9.58. The predicted molar refractivity (Wildman–Crippen MR) is 112 cm³/mol. The lowest BCUT2D eigenvalue weighted by molar-refractivity contribution is -0.110. The monoisotopic (exact) mass is 407 g/mol. The number of aliphatic hydroxyl groups is 2. The van der Waals surface area contributed by atoms with Gasteiger partial charge in [0, 0.05) is 11.1 Å². The molecular formula is C21H21N5O4. The van der Waals surface area contributed by atoms with E-state index in [1.54, 1.807) is 30.3 Å². The molecule has 0 bridgehead atoms. The Kier molecular flexibility index (Phi) is 5.55. The molecule has 0 spiro atoms. The van der Waals surface area contributed by atoms with Crippen molar-refractivity contribution in [1.29, 1.82) is 0 Å². The van der Waals surface area contributed by atoms with E-state index in [0.717, 1.165) is 0 Å². The standard InChI is InChI=1S/C21H21N5O4/c27-12(11-22-18-13-5-1-3-7-15(13)23-20(18)29)9-10-17(28)25-26-19-14-6-2-4-8-16(14)24-21(19)30/h1-8,12,17,25,27-28H,9-11H2,(H,22,23,29)(H,24,26,30). The number of hydrazone groups is 1. The molecule has 9 nitrogen and oxygen atoms in total. The lowest BCUT2D eigenvalue weighted by atomic mass is 10.1. The predicted octanol–water partition coefficient (Wildman–Crippen LogP) is 0.833. The van der Waals surface area contributed by atoms with Crippen LogP contribution in [0.3, 0.4) is 0 Å². The van der Waals surface area contributed by atoms with Crippen molar-refractivity contribution in [2.75, 3.05) is 17.2 Å². The van der Waals surface area contributed by atoms with Gasteiger partial charge >= 0.3 is 0 Å². The number of carbonyl (C=O) groups excluding carboxylic acids is 2.